The molecule has 0 aliphatic carbocycles. The van der Waals surface area contributed by atoms with E-state index in [9.17, 15) is 14.9 Å². The Bertz CT molecular complexity index is 1100. The van der Waals surface area contributed by atoms with Crippen molar-refractivity contribution in [3.8, 4) is 0 Å². The summed E-state index contributed by atoms with van der Waals surface area (Å²) in [4.78, 5) is 30.8. The predicted octanol–water partition coefficient (Wildman–Crippen LogP) is 4.85. The van der Waals surface area contributed by atoms with Gasteiger partial charge in [-0.05, 0) is 36.4 Å². The van der Waals surface area contributed by atoms with Gasteiger partial charge in [0.2, 0.25) is 11.6 Å². The molecule has 29 heavy (non-hydrogen) atoms. The molecule has 0 spiro atoms. The number of carbonyl (C=O) groups excluding carboxylic acids is 1. The van der Waals surface area contributed by atoms with Gasteiger partial charge in [-0.1, -0.05) is 40.9 Å². The van der Waals surface area contributed by atoms with Crippen molar-refractivity contribution in [2.45, 2.75) is 0 Å². The molecule has 0 radical (unpaired) electrons. The predicted molar refractivity (Wildman–Crippen MR) is 111 cm³/mol. The van der Waals surface area contributed by atoms with E-state index < -0.39 is 16.5 Å². The fourth-order valence-corrected chi connectivity index (χ4v) is 2.75. The number of carbonyl (C=O) groups is 1. The SMILES string of the molecule is O=C(NNc1ncnc(Nc2ccc(Cl)c(Cl)c2)c1[N+](=O)[O-])c1cccc(Cl)c1. The smallest absolute Gasteiger partial charge is 0.334 e. The standard InChI is InChI=1S/C17H11Cl3N6O3/c18-10-3-1-2-9(6-10)17(27)25-24-16-14(26(28)29)15(21-8-22-16)23-11-4-5-12(19)13(20)7-11/h1-8H,(H,25,27)(H2,21,22,23,24). The highest BCUT2D eigenvalue weighted by Crippen LogP contribution is 2.32. The van der Waals surface area contributed by atoms with E-state index in [4.69, 9.17) is 34.8 Å². The molecule has 1 heterocycles. The van der Waals surface area contributed by atoms with E-state index in [-0.39, 0.29) is 22.2 Å². The maximum Gasteiger partial charge on any atom is 0.355 e. The van der Waals surface area contributed by atoms with Gasteiger partial charge in [-0.3, -0.25) is 25.8 Å². The minimum atomic E-state index is -0.687. The second-order valence-electron chi connectivity index (χ2n) is 5.52. The third-order valence-corrected chi connectivity index (χ3v) is 4.54. The van der Waals surface area contributed by atoms with Gasteiger partial charge in [-0.25, -0.2) is 9.97 Å². The monoisotopic (exact) mass is 452 g/mol. The quantitative estimate of drug-likeness (QED) is 0.360. The Labute approximate surface area is 179 Å². The minimum absolute atomic E-state index is 0.108. The van der Waals surface area contributed by atoms with Crippen LogP contribution in [-0.2, 0) is 0 Å². The lowest BCUT2D eigenvalue weighted by atomic mass is 10.2. The molecular weight excluding hydrogens is 443 g/mol. The van der Waals surface area contributed by atoms with Crippen molar-refractivity contribution < 1.29 is 9.72 Å². The van der Waals surface area contributed by atoms with Crippen LogP contribution in [0.5, 0.6) is 0 Å². The van der Waals surface area contributed by atoms with Crippen LogP contribution < -0.4 is 16.2 Å². The third kappa shape index (κ3) is 5.02. The number of benzene rings is 2. The van der Waals surface area contributed by atoms with Crippen LogP contribution >= 0.6 is 34.8 Å². The molecule has 9 nitrogen and oxygen atoms in total. The molecule has 0 unspecified atom stereocenters. The zero-order valence-corrected chi connectivity index (χ0v) is 16.6. The summed E-state index contributed by atoms with van der Waals surface area (Å²) in [6, 6.07) is 10.8. The molecule has 0 fully saturated rings. The molecule has 0 bridgehead atoms. The van der Waals surface area contributed by atoms with Crippen LogP contribution in [-0.4, -0.2) is 20.8 Å². The first-order chi connectivity index (χ1) is 13.8. The van der Waals surface area contributed by atoms with Gasteiger partial charge in [0, 0.05) is 16.3 Å². The summed E-state index contributed by atoms with van der Waals surface area (Å²) in [6.45, 7) is 0. The number of rotatable bonds is 6. The fraction of sp³-hybridized carbons (Fsp3) is 0. The van der Waals surface area contributed by atoms with E-state index in [0.29, 0.717) is 15.7 Å². The van der Waals surface area contributed by atoms with Gasteiger partial charge < -0.3 is 5.32 Å². The molecule has 0 saturated carbocycles. The number of anilines is 3. The molecule has 12 heteroatoms. The number of halogens is 3. The second-order valence-corrected chi connectivity index (χ2v) is 6.77. The van der Waals surface area contributed by atoms with Crippen LogP contribution in [0.4, 0.5) is 23.0 Å². The molecule has 3 aromatic rings. The van der Waals surface area contributed by atoms with Gasteiger partial charge in [-0.2, -0.15) is 0 Å². The van der Waals surface area contributed by atoms with Crippen molar-refractivity contribution in [1.82, 2.24) is 15.4 Å². The van der Waals surface area contributed by atoms with Gasteiger partial charge >= 0.3 is 5.69 Å². The minimum Gasteiger partial charge on any atom is -0.334 e. The molecule has 0 aliphatic rings. The fourth-order valence-electron chi connectivity index (χ4n) is 2.26. The lowest BCUT2D eigenvalue weighted by Crippen LogP contribution is -2.30. The summed E-state index contributed by atoms with van der Waals surface area (Å²) >= 11 is 17.7. The summed E-state index contributed by atoms with van der Waals surface area (Å²) in [7, 11) is 0. The highest BCUT2D eigenvalue weighted by molar-refractivity contribution is 6.42. The van der Waals surface area contributed by atoms with E-state index in [0.717, 1.165) is 6.33 Å². The van der Waals surface area contributed by atoms with E-state index in [1.54, 1.807) is 18.2 Å². The number of amides is 1. The van der Waals surface area contributed by atoms with Crippen molar-refractivity contribution >= 4 is 63.7 Å². The Kier molecular flexibility index (Phi) is 6.32. The zero-order valence-electron chi connectivity index (χ0n) is 14.3. The van der Waals surface area contributed by atoms with Gasteiger partial charge in [-0.15, -0.1) is 0 Å². The number of hydrogen-bond donors (Lipinski definition) is 3. The van der Waals surface area contributed by atoms with E-state index in [2.05, 4.69) is 26.1 Å². The van der Waals surface area contributed by atoms with Crippen LogP contribution in [0.15, 0.2) is 48.8 Å². The first kappa shape index (κ1) is 20.6. The van der Waals surface area contributed by atoms with Crippen molar-refractivity contribution in [2.75, 3.05) is 10.7 Å². The average molecular weight is 454 g/mol. The van der Waals surface area contributed by atoms with Crippen LogP contribution in [0.25, 0.3) is 0 Å². The summed E-state index contributed by atoms with van der Waals surface area (Å²) in [6.07, 6.45) is 1.10. The molecule has 0 saturated heterocycles. The Morgan fingerprint density at radius 3 is 2.45 bits per heavy atom. The van der Waals surface area contributed by atoms with Gasteiger partial charge in [0.25, 0.3) is 5.91 Å². The zero-order chi connectivity index (χ0) is 21.0. The maximum absolute atomic E-state index is 12.2. The Morgan fingerprint density at radius 2 is 1.76 bits per heavy atom. The van der Waals surface area contributed by atoms with Crippen molar-refractivity contribution in [2.24, 2.45) is 0 Å². The molecule has 0 aliphatic heterocycles. The van der Waals surface area contributed by atoms with Crippen molar-refractivity contribution in [3.05, 3.63) is 79.5 Å². The van der Waals surface area contributed by atoms with E-state index in [1.165, 1.54) is 24.3 Å². The average Bonchev–Trinajstić information content (AvgIpc) is 2.68. The molecule has 2 aromatic carbocycles. The highest BCUT2D eigenvalue weighted by atomic mass is 35.5. The van der Waals surface area contributed by atoms with Crippen molar-refractivity contribution in [1.29, 1.82) is 0 Å². The summed E-state index contributed by atoms with van der Waals surface area (Å²) < 4.78 is 0. The molecule has 148 valence electrons. The first-order valence-corrected chi connectivity index (χ1v) is 9.02. The second kappa shape index (κ2) is 8.91. The number of aromatic nitrogens is 2. The molecular formula is C17H11Cl3N6O3. The van der Waals surface area contributed by atoms with Gasteiger partial charge in [0.05, 0.1) is 15.0 Å². The van der Waals surface area contributed by atoms with E-state index in [1.807, 2.05) is 0 Å². The third-order valence-electron chi connectivity index (χ3n) is 3.57. The molecule has 1 aromatic heterocycles. The molecule has 3 N–H and O–H groups in total. The number of nitrogens with zero attached hydrogens (tertiary/aromatic N) is 3. The lowest BCUT2D eigenvalue weighted by Gasteiger charge is -2.11. The van der Waals surface area contributed by atoms with Gasteiger partial charge in [0.15, 0.2) is 0 Å². The number of nitrogens with one attached hydrogen (secondary N) is 3. The Balaban J connectivity index is 1.83. The van der Waals surface area contributed by atoms with E-state index >= 15 is 0 Å². The highest BCUT2D eigenvalue weighted by Gasteiger charge is 2.24. The lowest BCUT2D eigenvalue weighted by molar-refractivity contribution is -0.383. The largest absolute Gasteiger partial charge is 0.355 e. The number of nitro groups is 1. The first-order valence-electron chi connectivity index (χ1n) is 7.88. The summed E-state index contributed by atoms with van der Waals surface area (Å²) in [5.41, 5.74) is 4.98. The summed E-state index contributed by atoms with van der Waals surface area (Å²) in [5.74, 6) is -0.884. The van der Waals surface area contributed by atoms with Crippen LogP contribution in [0, 0.1) is 10.1 Å². The number of hydrogen-bond acceptors (Lipinski definition) is 7. The van der Waals surface area contributed by atoms with Gasteiger partial charge in [0.1, 0.15) is 6.33 Å². The molecule has 3 rings (SSSR count). The maximum atomic E-state index is 12.2. The topological polar surface area (TPSA) is 122 Å². The normalized spacial score (nSPS) is 10.3. The number of hydrazine groups is 1. The Hall–Kier alpha value is -3.14. The van der Waals surface area contributed by atoms with Crippen LogP contribution in [0.3, 0.4) is 0 Å². The Morgan fingerprint density at radius 1 is 1.00 bits per heavy atom. The molecule has 0 atom stereocenters. The summed E-state index contributed by atoms with van der Waals surface area (Å²) in [5, 5.41) is 15.3. The van der Waals surface area contributed by atoms with Crippen molar-refractivity contribution in [3.63, 3.8) is 0 Å². The van der Waals surface area contributed by atoms with Crippen LogP contribution in [0.1, 0.15) is 10.4 Å². The molecule has 1 amide bonds. The van der Waals surface area contributed by atoms with Crippen LogP contribution in [0.2, 0.25) is 15.1 Å².